The summed E-state index contributed by atoms with van der Waals surface area (Å²) in [7, 11) is 3.24. The molecule has 106 valence electrons. The Labute approximate surface area is 123 Å². The molecule has 0 unspecified atom stereocenters. The lowest BCUT2D eigenvalue weighted by Gasteiger charge is -2.11. The zero-order valence-corrected chi connectivity index (χ0v) is 12.3. The van der Waals surface area contributed by atoms with E-state index >= 15 is 0 Å². The monoisotopic (exact) mass is 280 g/mol. The van der Waals surface area contributed by atoms with Crippen molar-refractivity contribution in [2.45, 2.75) is 6.92 Å². The fraction of sp³-hybridized carbons (Fsp3) is 0.176. The van der Waals surface area contributed by atoms with E-state index in [-0.39, 0.29) is 0 Å². The van der Waals surface area contributed by atoms with Crippen molar-refractivity contribution in [1.29, 1.82) is 0 Å². The van der Waals surface area contributed by atoms with Crippen LogP contribution in [0, 0.1) is 6.92 Å². The van der Waals surface area contributed by atoms with Gasteiger partial charge < -0.3 is 9.47 Å². The normalized spacial score (nSPS) is 10.6. The van der Waals surface area contributed by atoms with Gasteiger partial charge in [-0.25, -0.2) is 9.97 Å². The van der Waals surface area contributed by atoms with E-state index in [2.05, 4.69) is 9.97 Å². The molecular formula is C17H16N2O2. The predicted molar refractivity (Wildman–Crippen MR) is 82.8 cm³/mol. The molecule has 2 aromatic carbocycles. The fourth-order valence-electron chi connectivity index (χ4n) is 2.33. The zero-order chi connectivity index (χ0) is 14.8. The van der Waals surface area contributed by atoms with Gasteiger partial charge in [0.05, 0.1) is 19.7 Å². The van der Waals surface area contributed by atoms with E-state index in [0.717, 1.165) is 22.2 Å². The highest BCUT2D eigenvalue weighted by Gasteiger charge is 2.11. The fourth-order valence-corrected chi connectivity index (χ4v) is 2.33. The average molecular weight is 280 g/mol. The smallest absolute Gasteiger partial charge is 0.162 e. The molecular weight excluding hydrogens is 264 g/mol. The van der Waals surface area contributed by atoms with Crippen molar-refractivity contribution < 1.29 is 9.47 Å². The summed E-state index contributed by atoms with van der Waals surface area (Å²) in [5.74, 6) is 2.07. The second-order valence-corrected chi connectivity index (χ2v) is 4.72. The van der Waals surface area contributed by atoms with Crippen molar-refractivity contribution in [2.75, 3.05) is 14.2 Å². The summed E-state index contributed by atoms with van der Waals surface area (Å²) in [4.78, 5) is 9.24. The van der Waals surface area contributed by atoms with Crippen molar-refractivity contribution in [3.8, 4) is 22.9 Å². The van der Waals surface area contributed by atoms with Gasteiger partial charge in [0.25, 0.3) is 0 Å². The average Bonchev–Trinajstić information content (AvgIpc) is 2.54. The number of hydrogen-bond acceptors (Lipinski definition) is 4. The van der Waals surface area contributed by atoms with Gasteiger partial charge in [0, 0.05) is 22.7 Å². The van der Waals surface area contributed by atoms with Crippen LogP contribution in [0.25, 0.3) is 22.3 Å². The second kappa shape index (κ2) is 5.40. The minimum absolute atomic E-state index is 0.669. The molecule has 3 aromatic rings. The van der Waals surface area contributed by atoms with E-state index in [0.29, 0.717) is 17.3 Å². The lowest BCUT2D eigenvalue weighted by Crippen LogP contribution is -1.97. The number of hydrogen-bond donors (Lipinski definition) is 0. The predicted octanol–water partition coefficient (Wildman–Crippen LogP) is 3.62. The molecule has 1 aromatic heterocycles. The molecule has 0 spiro atoms. The molecule has 0 aliphatic heterocycles. The number of methoxy groups -OCH3 is 2. The maximum absolute atomic E-state index is 5.34. The number of benzene rings is 2. The lowest BCUT2D eigenvalue weighted by atomic mass is 10.1. The van der Waals surface area contributed by atoms with Crippen LogP contribution in [0.15, 0.2) is 42.5 Å². The number of aryl methyl sites for hydroxylation is 1. The Kier molecular flexibility index (Phi) is 3.44. The molecule has 3 rings (SSSR count). The third-order valence-corrected chi connectivity index (χ3v) is 3.42. The highest BCUT2D eigenvalue weighted by molar-refractivity contribution is 5.86. The first-order chi connectivity index (χ1) is 10.2. The third-order valence-electron chi connectivity index (χ3n) is 3.42. The molecule has 0 amide bonds. The standard InChI is InChI=1S/C17H16N2O2/c1-11-13-9-15(20-2)16(21-3)10-14(13)19-17(18-11)12-7-5-4-6-8-12/h4-10H,1-3H3. The number of ether oxygens (including phenoxy) is 2. The van der Waals surface area contributed by atoms with Crippen LogP contribution in [0.1, 0.15) is 5.69 Å². The van der Waals surface area contributed by atoms with Crippen LogP contribution in [0.4, 0.5) is 0 Å². The van der Waals surface area contributed by atoms with Crippen LogP contribution in [0.3, 0.4) is 0 Å². The summed E-state index contributed by atoms with van der Waals surface area (Å²) in [5, 5.41) is 0.965. The molecule has 0 radical (unpaired) electrons. The van der Waals surface area contributed by atoms with Gasteiger partial charge in [0.15, 0.2) is 17.3 Å². The van der Waals surface area contributed by atoms with Gasteiger partial charge in [-0.15, -0.1) is 0 Å². The van der Waals surface area contributed by atoms with E-state index in [4.69, 9.17) is 9.47 Å². The molecule has 0 aliphatic carbocycles. The summed E-state index contributed by atoms with van der Waals surface area (Å²) in [6.45, 7) is 1.97. The molecule has 0 saturated carbocycles. The third kappa shape index (κ3) is 2.40. The van der Waals surface area contributed by atoms with E-state index in [1.54, 1.807) is 14.2 Å². The van der Waals surface area contributed by atoms with Gasteiger partial charge in [-0.3, -0.25) is 0 Å². The summed E-state index contributed by atoms with van der Waals surface area (Å²) in [6, 6.07) is 13.7. The molecule has 0 bridgehead atoms. The number of aromatic nitrogens is 2. The molecule has 0 fully saturated rings. The summed E-state index contributed by atoms with van der Waals surface area (Å²) >= 11 is 0. The molecule has 1 heterocycles. The van der Waals surface area contributed by atoms with Crippen molar-refractivity contribution in [1.82, 2.24) is 9.97 Å². The summed E-state index contributed by atoms with van der Waals surface area (Å²) < 4.78 is 10.7. The first kappa shape index (κ1) is 13.4. The zero-order valence-electron chi connectivity index (χ0n) is 12.3. The van der Waals surface area contributed by atoms with E-state index in [1.807, 2.05) is 49.4 Å². The molecule has 0 saturated heterocycles. The Bertz CT molecular complexity index is 786. The van der Waals surface area contributed by atoms with Gasteiger partial charge in [-0.2, -0.15) is 0 Å². The van der Waals surface area contributed by atoms with Crippen LogP contribution in [0.2, 0.25) is 0 Å². The van der Waals surface area contributed by atoms with Crippen molar-refractivity contribution in [3.05, 3.63) is 48.2 Å². The van der Waals surface area contributed by atoms with Gasteiger partial charge in [-0.05, 0) is 13.0 Å². The summed E-state index contributed by atoms with van der Waals surface area (Å²) in [6.07, 6.45) is 0. The van der Waals surface area contributed by atoms with Crippen molar-refractivity contribution in [2.24, 2.45) is 0 Å². The van der Waals surface area contributed by atoms with Crippen molar-refractivity contribution in [3.63, 3.8) is 0 Å². The molecule has 0 aliphatic rings. The number of nitrogens with zero attached hydrogens (tertiary/aromatic N) is 2. The quantitative estimate of drug-likeness (QED) is 0.735. The first-order valence-electron chi connectivity index (χ1n) is 6.68. The van der Waals surface area contributed by atoms with Gasteiger partial charge >= 0.3 is 0 Å². The lowest BCUT2D eigenvalue weighted by molar-refractivity contribution is 0.355. The second-order valence-electron chi connectivity index (χ2n) is 4.72. The number of fused-ring (bicyclic) bond motifs is 1. The Hall–Kier alpha value is -2.62. The van der Waals surface area contributed by atoms with E-state index in [1.165, 1.54) is 0 Å². The summed E-state index contributed by atoms with van der Waals surface area (Å²) in [5.41, 5.74) is 2.76. The van der Waals surface area contributed by atoms with E-state index in [9.17, 15) is 0 Å². The highest BCUT2D eigenvalue weighted by atomic mass is 16.5. The maximum Gasteiger partial charge on any atom is 0.162 e. The van der Waals surface area contributed by atoms with Crippen LogP contribution < -0.4 is 9.47 Å². The minimum atomic E-state index is 0.669. The molecule has 4 nitrogen and oxygen atoms in total. The Balaban J connectivity index is 2.24. The Morgan fingerprint density at radius 2 is 1.52 bits per heavy atom. The number of rotatable bonds is 3. The maximum atomic E-state index is 5.34. The van der Waals surface area contributed by atoms with Gasteiger partial charge in [0.2, 0.25) is 0 Å². The highest BCUT2D eigenvalue weighted by Crippen LogP contribution is 2.33. The molecule has 0 atom stereocenters. The Morgan fingerprint density at radius 1 is 0.857 bits per heavy atom. The van der Waals surface area contributed by atoms with Crippen LogP contribution in [-0.4, -0.2) is 24.2 Å². The first-order valence-corrected chi connectivity index (χ1v) is 6.68. The molecule has 21 heavy (non-hydrogen) atoms. The van der Waals surface area contributed by atoms with Crippen molar-refractivity contribution >= 4 is 10.9 Å². The largest absolute Gasteiger partial charge is 0.493 e. The van der Waals surface area contributed by atoms with Gasteiger partial charge in [-0.1, -0.05) is 30.3 Å². The molecule has 0 N–H and O–H groups in total. The van der Waals surface area contributed by atoms with E-state index < -0.39 is 0 Å². The topological polar surface area (TPSA) is 44.2 Å². The van der Waals surface area contributed by atoms with Crippen LogP contribution in [-0.2, 0) is 0 Å². The van der Waals surface area contributed by atoms with Crippen LogP contribution >= 0.6 is 0 Å². The SMILES string of the molecule is COc1cc2nc(-c3ccccc3)nc(C)c2cc1OC. The minimum Gasteiger partial charge on any atom is -0.493 e. The van der Waals surface area contributed by atoms with Gasteiger partial charge in [0.1, 0.15) is 0 Å². The Morgan fingerprint density at radius 3 is 2.19 bits per heavy atom. The molecule has 4 heteroatoms. The van der Waals surface area contributed by atoms with Crippen LogP contribution in [0.5, 0.6) is 11.5 Å².